The molecule has 1 N–H and O–H groups in total. The molecule has 1 amide bonds. The third-order valence-electron chi connectivity index (χ3n) is 5.03. The van der Waals surface area contributed by atoms with Crippen molar-refractivity contribution in [3.05, 3.63) is 48.0 Å². The lowest BCUT2D eigenvalue weighted by molar-refractivity contribution is -0.120. The average molecular weight is 386 g/mol. The van der Waals surface area contributed by atoms with Crippen LogP contribution in [0.3, 0.4) is 0 Å². The van der Waals surface area contributed by atoms with Crippen LogP contribution in [-0.4, -0.2) is 59.8 Å². The van der Waals surface area contributed by atoms with Crippen molar-refractivity contribution in [2.75, 3.05) is 38.1 Å². The van der Waals surface area contributed by atoms with E-state index in [2.05, 4.69) is 15.4 Å². The maximum Gasteiger partial charge on any atom is 0.246 e. The minimum atomic E-state index is -0.292. The van der Waals surface area contributed by atoms with E-state index in [-0.39, 0.29) is 23.7 Å². The molecule has 8 heteroatoms. The second kappa shape index (κ2) is 8.00. The highest BCUT2D eigenvalue weighted by Gasteiger charge is 2.29. The molecular weight excluding hydrogens is 359 g/mol. The van der Waals surface area contributed by atoms with Gasteiger partial charge >= 0.3 is 0 Å². The summed E-state index contributed by atoms with van der Waals surface area (Å²) in [6, 6.07) is 6.64. The minimum Gasteiger partial charge on any atom is -0.355 e. The Kier molecular flexibility index (Phi) is 5.67. The number of hydrogen-bond donors (Lipinski definition) is 1. The Morgan fingerprint density at radius 3 is 2.75 bits per heavy atom. The third-order valence-corrected chi connectivity index (χ3v) is 5.03. The molecule has 0 saturated carbocycles. The Labute approximate surface area is 164 Å². The SMILES string of the molecule is CN=C(NCC(C)(C)c1cccc(F)c1)N1CCN(c2cnn(C)c2)C(=O)C1. The number of carbonyl (C=O) groups is 1. The van der Waals surface area contributed by atoms with E-state index in [0.29, 0.717) is 25.6 Å². The number of aryl methyl sites for hydroxylation is 1. The largest absolute Gasteiger partial charge is 0.355 e. The number of rotatable bonds is 4. The zero-order valence-electron chi connectivity index (χ0n) is 16.8. The molecule has 2 heterocycles. The van der Waals surface area contributed by atoms with Crippen LogP contribution in [0.1, 0.15) is 19.4 Å². The summed E-state index contributed by atoms with van der Waals surface area (Å²) in [6.45, 7) is 6.15. The summed E-state index contributed by atoms with van der Waals surface area (Å²) in [5.74, 6) is 0.433. The molecule has 28 heavy (non-hydrogen) atoms. The highest BCUT2D eigenvalue weighted by molar-refractivity contribution is 5.98. The summed E-state index contributed by atoms with van der Waals surface area (Å²) in [5, 5.41) is 7.48. The van der Waals surface area contributed by atoms with E-state index < -0.39 is 0 Å². The topological polar surface area (TPSA) is 65.8 Å². The molecule has 7 nitrogen and oxygen atoms in total. The van der Waals surface area contributed by atoms with Crippen LogP contribution in [0.15, 0.2) is 41.7 Å². The van der Waals surface area contributed by atoms with Gasteiger partial charge in [-0.1, -0.05) is 26.0 Å². The van der Waals surface area contributed by atoms with E-state index in [4.69, 9.17) is 0 Å². The van der Waals surface area contributed by atoms with Gasteiger partial charge in [0.1, 0.15) is 12.4 Å². The molecule has 2 aromatic rings. The van der Waals surface area contributed by atoms with Gasteiger partial charge in [0.15, 0.2) is 5.96 Å². The monoisotopic (exact) mass is 386 g/mol. The van der Waals surface area contributed by atoms with Gasteiger partial charge in [0.25, 0.3) is 0 Å². The quantitative estimate of drug-likeness (QED) is 0.642. The zero-order valence-corrected chi connectivity index (χ0v) is 16.8. The number of carbonyl (C=O) groups excluding carboxylic acids is 1. The van der Waals surface area contributed by atoms with Crippen LogP contribution in [0.25, 0.3) is 0 Å². The lowest BCUT2D eigenvalue weighted by Gasteiger charge is -2.36. The molecular formula is C20H27FN6O. The maximum absolute atomic E-state index is 13.6. The van der Waals surface area contributed by atoms with E-state index in [1.165, 1.54) is 6.07 Å². The standard InChI is InChI=1S/C20H27FN6O/c1-20(2,15-6-5-7-16(21)10-15)14-23-19(22-3)26-8-9-27(18(28)13-26)17-11-24-25(4)12-17/h5-7,10-12H,8-9,13-14H2,1-4H3,(H,22,23). The highest BCUT2D eigenvalue weighted by atomic mass is 19.1. The van der Waals surface area contributed by atoms with E-state index in [9.17, 15) is 9.18 Å². The van der Waals surface area contributed by atoms with Gasteiger partial charge in [0.2, 0.25) is 5.91 Å². The number of halogens is 1. The molecule has 1 aromatic heterocycles. The van der Waals surface area contributed by atoms with Gasteiger partial charge < -0.3 is 15.1 Å². The average Bonchev–Trinajstić information content (AvgIpc) is 3.08. The van der Waals surface area contributed by atoms with Crippen molar-refractivity contribution < 1.29 is 9.18 Å². The Morgan fingerprint density at radius 1 is 1.36 bits per heavy atom. The van der Waals surface area contributed by atoms with Crippen molar-refractivity contribution in [2.24, 2.45) is 12.0 Å². The number of aromatic nitrogens is 2. The van der Waals surface area contributed by atoms with E-state index in [1.54, 1.807) is 35.0 Å². The van der Waals surface area contributed by atoms with Gasteiger partial charge in [0.05, 0.1) is 11.9 Å². The molecule has 1 saturated heterocycles. The number of aliphatic imine (C=N–C) groups is 1. The number of guanidine groups is 1. The second-order valence-electron chi connectivity index (χ2n) is 7.63. The lowest BCUT2D eigenvalue weighted by Crippen LogP contribution is -2.56. The van der Waals surface area contributed by atoms with Gasteiger partial charge in [-0.05, 0) is 17.7 Å². The van der Waals surface area contributed by atoms with Crippen LogP contribution in [0.4, 0.5) is 10.1 Å². The smallest absolute Gasteiger partial charge is 0.246 e. The summed E-state index contributed by atoms with van der Waals surface area (Å²) >= 11 is 0. The molecule has 1 aromatic carbocycles. The van der Waals surface area contributed by atoms with E-state index >= 15 is 0 Å². The first-order valence-electron chi connectivity index (χ1n) is 9.31. The van der Waals surface area contributed by atoms with Crippen LogP contribution in [-0.2, 0) is 17.3 Å². The van der Waals surface area contributed by atoms with Crippen LogP contribution < -0.4 is 10.2 Å². The molecule has 0 radical (unpaired) electrons. The molecule has 1 fully saturated rings. The number of anilines is 1. The van der Waals surface area contributed by atoms with Crippen molar-refractivity contribution >= 4 is 17.6 Å². The number of nitrogens with one attached hydrogen (secondary N) is 1. The van der Waals surface area contributed by atoms with Crippen molar-refractivity contribution in [1.29, 1.82) is 0 Å². The number of nitrogens with zero attached hydrogens (tertiary/aromatic N) is 5. The Balaban J connectivity index is 1.62. The number of amides is 1. The van der Waals surface area contributed by atoms with Gasteiger partial charge in [0, 0.05) is 45.3 Å². The molecule has 0 bridgehead atoms. The van der Waals surface area contributed by atoms with Gasteiger partial charge in [-0.3, -0.25) is 14.5 Å². The van der Waals surface area contributed by atoms with Gasteiger partial charge in [-0.2, -0.15) is 5.10 Å². The highest BCUT2D eigenvalue weighted by Crippen LogP contribution is 2.23. The number of benzene rings is 1. The van der Waals surface area contributed by atoms with Crippen molar-refractivity contribution in [2.45, 2.75) is 19.3 Å². The van der Waals surface area contributed by atoms with Crippen LogP contribution in [0.5, 0.6) is 0 Å². The number of piperazine rings is 1. The summed E-state index contributed by atoms with van der Waals surface area (Å²) in [6.07, 6.45) is 3.53. The fraction of sp³-hybridized carbons (Fsp3) is 0.450. The molecule has 0 aliphatic carbocycles. The predicted octanol–water partition coefficient (Wildman–Crippen LogP) is 1.76. The Morgan fingerprint density at radius 2 is 2.14 bits per heavy atom. The second-order valence-corrected chi connectivity index (χ2v) is 7.63. The van der Waals surface area contributed by atoms with Crippen LogP contribution in [0, 0.1) is 5.82 Å². The zero-order chi connectivity index (χ0) is 20.3. The maximum atomic E-state index is 13.6. The summed E-state index contributed by atoms with van der Waals surface area (Å²) in [4.78, 5) is 20.6. The van der Waals surface area contributed by atoms with E-state index in [1.807, 2.05) is 38.1 Å². The van der Waals surface area contributed by atoms with Gasteiger partial charge in [-0.15, -0.1) is 0 Å². The summed E-state index contributed by atoms with van der Waals surface area (Å²) in [7, 11) is 3.53. The van der Waals surface area contributed by atoms with Crippen LogP contribution >= 0.6 is 0 Å². The van der Waals surface area contributed by atoms with Crippen molar-refractivity contribution in [3.63, 3.8) is 0 Å². The fourth-order valence-electron chi connectivity index (χ4n) is 3.32. The Bertz CT molecular complexity index is 875. The lowest BCUT2D eigenvalue weighted by atomic mass is 9.84. The van der Waals surface area contributed by atoms with Gasteiger partial charge in [-0.25, -0.2) is 4.39 Å². The molecule has 1 aliphatic rings. The predicted molar refractivity (Wildman–Crippen MR) is 108 cm³/mol. The molecule has 0 spiro atoms. The fourth-order valence-corrected chi connectivity index (χ4v) is 3.32. The number of hydrogen-bond acceptors (Lipinski definition) is 3. The molecule has 0 unspecified atom stereocenters. The molecule has 150 valence electrons. The first-order valence-corrected chi connectivity index (χ1v) is 9.31. The van der Waals surface area contributed by atoms with Crippen molar-refractivity contribution in [1.82, 2.24) is 20.0 Å². The normalized spacial score (nSPS) is 15.9. The van der Waals surface area contributed by atoms with E-state index in [0.717, 1.165) is 11.3 Å². The summed E-state index contributed by atoms with van der Waals surface area (Å²) < 4.78 is 15.3. The van der Waals surface area contributed by atoms with Crippen molar-refractivity contribution in [3.8, 4) is 0 Å². The minimum absolute atomic E-state index is 0.00610. The molecule has 0 atom stereocenters. The molecule has 1 aliphatic heterocycles. The first-order chi connectivity index (χ1) is 13.3. The van der Waals surface area contributed by atoms with Crippen LogP contribution in [0.2, 0.25) is 0 Å². The third kappa shape index (κ3) is 4.32. The summed E-state index contributed by atoms with van der Waals surface area (Å²) in [5.41, 5.74) is 1.43. The first kappa shape index (κ1) is 19.9. The molecule has 3 rings (SSSR count). The Hall–Kier alpha value is -2.90.